The first kappa shape index (κ1) is 16.4. The molecule has 0 radical (unpaired) electrons. The van der Waals surface area contributed by atoms with Crippen LogP contribution in [-0.4, -0.2) is 24.1 Å². The lowest BCUT2D eigenvalue weighted by Crippen LogP contribution is -2.69. The maximum atomic E-state index is 12.5. The first-order valence-corrected chi connectivity index (χ1v) is 4.77. The van der Waals surface area contributed by atoms with Crippen molar-refractivity contribution in [2.24, 2.45) is 0 Å². The largest absolute Gasteiger partial charge is 0.462 e. The third kappa shape index (κ3) is 2.63. The van der Waals surface area contributed by atoms with Crippen molar-refractivity contribution in [1.82, 2.24) is 0 Å². The van der Waals surface area contributed by atoms with E-state index < -0.39 is 29.9 Å². The molecule has 0 fully saturated rings. The molecule has 1 aromatic carbocycles. The number of ether oxygens (including phenoxy) is 1. The van der Waals surface area contributed by atoms with Gasteiger partial charge in [-0.05, 0) is 12.1 Å². The van der Waals surface area contributed by atoms with E-state index in [1.807, 2.05) is 0 Å². The SMILES string of the molecule is FC(F)(F)C(Oc1ccccc1)(C(F)(F)F)C(F)(F)F. The molecule has 0 aromatic heterocycles. The lowest BCUT2D eigenvalue weighted by Gasteiger charge is -2.38. The van der Waals surface area contributed by atoms with Crippen LogP contribution in [-0.2, 0) is 0 Å². The molecule has 20 heavy (non-hydrogen) atoms. The molecule has 0 saturated carbocycles. The number of hydrogen-bond acceptors (Lipinski definition) is 1. The van der Waals surface area contributed by atoms with Gasteiger partial charge in [-0.1, -0.05) is 18.2 Å². The van der Waals surface area contributed by atoms with Crippen LogP contribution < -0.4 is 4.74 Å². The van der Waals surface area contributed by atoms with Gasteiger partial charge in [0.25, 0.3) is 0 Å². The molecule has 0 unspecified atom stereocenters. The van der Waals surface area contributed by atoms with Gasteiger partial charge in [0.05, 0.1) is 0 Å². The van der Waals surface area contributed by atoms with E-state index in [0.717, 1.165) is 12.1 Å². The molecule has 0 N–H and O–H groups in total. The smallest absolute Gasteiger partial charge is 0.447 e. The Kier molecular flexibility index (Phi) is 3.90. The molecule has 1 rings (SSSR count). The Morgan fingerprint density at radius 3 is 1.25 bits per heavy atom. The number of hydrogen-bond donors (Lipinski definition) is 0. The molecule has 0 amide bonds. The summed E-state index contributed by atoms with van der Waals surface area (Å²) >= 11 is 0. The van der Waals surface area contributed by atoms with Crippen LogP contribution in [0.5, 0.6) is 5.75 Å². The van der Waals surface area contributed by atoms with Gasteiger partial charge < -0.3 is 4.74 Å². The van der Waals surface area contributed by atoms with Crippen LogP contribution in [0.2, 0.25) is 0 Å². The summed E-state index contributed by atoms with van der Waals surface area (Å²) in [5, 5.41) is 0. The summed E-state index contributed by atoms with van der Waals surface area (Å²) in [6.07, 6.45) is -20.2. The molecule has 0 heterocycles. The van der Waals surface area contributed by atoms with Crippen LogP contribution in [0.1, 0.15) is 0 Å². The highest BCUT2D eigenvalue weighted by molar-refractivity contribution is 5.24. The summed E-state index contributed by atoms with van der Waals surface area (Å²) in [6.45, 7) is 0. The summed E-state index contributed by atoms with van der Waals surface area (Å²) in [4.78, 5) is 0. The van der Waals surface area contributed by atoms with Crippen LogP contribution >= 0.6 is 0 Å². The van der Waals surface area contributed by atoms with Crippen LogP contribution in [0.4, 0.5) is 39.5 Å². The second kappa shape index (κ2) is 4.74. The number of rotatable bonds is 2. The maximum Gasteiger partial charge on any atom is 0.447 e. The molecule has 0 bridgehead atoms. The molecule has 0 aliphatic carbocycles. The van der Waals surface area contributed by atoms with Crippen molar-refractivity contribution in [3.8, 4) is 5.75 Å². The van der Waals surface area contributed by atoms with E-state index in [-0.39, 0.29) is 0 Å². The predicted molar refractivity (Wildman–Crippen MR) is 48.0 cm³/mol. The number of alkyl halides is 9. The fraction of sp³-hybridized carbons (Fsp3) is 0.400. The molecule has 114 valence electrons. The van der Waals surface area contributed by atoms with Gasteiger partial charge in [0.1, 0.15) is 5.75 Å². The Morgan fingerprint density at radius 1 is 0.600 bits per heavy atom. The highest BCUT2D eigenvalue weighted by atomic mass is 19.4. The maximum absolute atomic E-state index is 12.5. The van der Waals surface area contributed by atoms with Crippen LogP contribution in [0, 0.1) is 0 Å². The molecule has 0 aliphatic heterocycles. The third-order valence-corrected chi connectivity index (χ3v) is 2.21. The van der Waals surface area contributed by atoms with Gasteiger partial charge in [0.15, 0.2) is 0 Å². The monoisotopic (exact) mass is 312 g/mol. The summed E-state index contributed by atoms with van der Waals surface area (Å²) in [5.41, 5.74) is -6.28. The van der Waals surface area contributed by atoms with Gasteiger partial charge in [-0.25, -0.2) is 0 Å². The Bertz CT molecular complexity index is 406. The zero-order valence-electron chi connectivity index (χ0n) is 9.20. The van der Waals surface area contributed by atoms with Gasteiger partial charge in [0, 0.05) is 0 Å². The zero-order chi connectivity index (χ0) is 15.8. The second-order valence-corrected chi connectivity index (χ2v) is 3.59. The molecule has 1 nitrogen and oxygen atoms in total. The van der Waals surface area contributed by atoms with E-state index in [1.165, 1.54) is 6.07 Å². The fourth-order valence-corrected chi connectivity index (χ4v) is 1.32. The van der Waals surface area contributed by atoms with Gasteiger partial charge >= 0.3 is 24.1 Å². The quantitative estimate of drug-likeness (QED) is 0.731. The first-order valence-electron chi connectivity index (χ1n) is 4.77. The van der Waals surface area contributed by atoms with Crippen molar-refractivity contribution in [3.63, 3.8) is 0 Å². The molecular formula is C10H5F9O. The van der Waals surface area contributed by atoms with E-state index in [9.17, 15) is 39.5 Å². The number of benzene rings is 1. The summed E-state index contributed by atoms with van der Waals surface area (Å²) in [7, 11) is 0. The highest BCUT2D eigenvalue weighted by Crippen LogP contribution is 2.54. The minimum Gasteiger partial charge on any atom is -0.462 e. The lowest BCUT2D eigenvalue weighted by atomic mass is 10.0. The molecule has 0 spiro atoms. The van der Waals surface area contributed by atoms with Gasteiger partial charge in [-0.3, -0.25) is 0 Å². The average Bonchev–Trinajstić information content (AvgIpc) is 2.22. The zero-order valence-corrected chi connectivity index (χ0v) is 9.20. The van der Waals surface area contributed by atoms with Gasteiger partial charge in [-0.2, -0.15) is 39.5 Å². The fourth-order valence-electron chi connectivity index (χ4n) is 1.32. The first-order chi connectivity index (χ1) is 8.83. The van der Waals surface area contributed by atoms with Crippen LogP contribution in [0.15, 0.2) is 30.3 Å². The number of para-hydroxylation sites is 1. The van der Waals surface area contributed by atoms with E-state index in [4.69, 9.17) is 0 Å². The summed E-state index contributed by atoms with van der Waals surface area (Å²) < 4.78 is 116. The Hall–Kier alpha value is -1.61. The lowest BCUT2D eigenvalue weighted by molar-refractivity contribution is -0.436. The van der Waals surface area contributed by atoms with Crippen molar-refractivity contribution in [2.75, 3.05) is 0 Å². The average molecular weight is 312 g/mol. The van der Waals surface area contributed by atoms with Gasteiger partial charge in [-0.15, -0.1) is 0 Å². The molecule has 0 saturated heterocycles. The van der Waals surface area contributed by atoms with Crippen LogP contribution in [0.25, 0.3) is 0 Å². The van der Waals surface area contributed by atoms with E-state index in [1.54, 1.807) is 0 Å². The summed E-state index contributed by atoms with van der Waals surface area (Å²) in [6, 6.07) is 4.16. The topological polar surface area (TPSA) is 9.23 Å². The third-order valence-electron chi connectivity index (χ3n) is 2.21. The van der Waals surface area contributed by atoms with Crippen molar-refractivity contribution in [3.05, 3.63) is 30.3 Å². The van der Waals surface area contributed by atoms with E-state index in [2.05, 4.69) is 4.74 Å². The van der Waals surface area contributed by atoms with Crippen molar-refractivity contribution < 1.29 is 44.3 Å². The molecule has 1 aromatic rings. The van der Waals surface area contributed by atoms with Crippen molar-refractivity contribution in [1.29, 1.82) is 0 Å². The summed E-state index contributed by atoms with van der Waals surface area (Å²) in [5.74, 6) is -1.21. The van der Waals surface area contributed by atoms with Crippen molar-refractivity contribution in [2.45, 2.75) is 24.1 Å². The Labute approximate surface area is 105 Å². The van der Waals surface area contributed by atoms with E-state index >= 15 is 0 Å². The van der Waals surface area contributed by atoms with Crippen molar-refractivity contribution >= 4 is 0 Å². The normalized spacial score (nSPS) is 14.2. The number of halogens is 9. The Balaban J connectivity index is 3.48. The second-order valence-electron chi connectivity index (χ2n) is 3.59. The molecular weight excluding hydrogens is 307 g/mol. The predicted octanol–water partition coefficient (Wildman–Crippen LogP) is 4.49. The van der Waals surface area contributed by atoms with E-state index in [0.29, 0.717) is 12.1 Å². The molecule has 0 aliphatic rings. The minimum absolute atomic E-state index is 0.554. The van der Waals surface area contributed by atoms with Crippen LogP contribution in [0.3, 0.4) is 0 Å². The molecule has 0 atom stereocenters. The highest BCUT2D eigenvalue weighted by Gasteiger charge is 2.86. The minimum atomic E-state index is -6.74. The van der Waals surface area contributed by atoms with Gasteiger partial charge in [0.2, 0.25) is 0 Å². The molecule has 10 heteroatoms. The standard InChI is InChI=1S/C10H5F9O/c11-8(12,13)7(9(14,15)16,10(17,18)19)20-6-4-2-1-3-5-6/h1-5H. The Morgan fingerprint density at radius 2 is 0.950 bits per heavy atom.